The van der Waals surface area contributed by atoms with Gasteiger partial charge in [0, 0.05) is 47.8 Å². The van der Waals surface area contributed by atoms with Crippen LogP contribution in [0.25, 0.3) is 0 Å². The van der Waals surface area contributed by atoms with Gasteiger partial charge in [0.25, 0.3) is 5.91 Å². The van der Waals surface area contributed by atoms with Crippen molar-refractivity contribution < 1.29 is 37.9 Å². The zero-order valence-corrected chi connectivity index (χ0v) is 21.8. The van der Waals surface area contributed by atoms with Gasteiger partial charge in [0.2, 0.25) is 17.7 Å². The molecule has 12 nitrogen and oxygen atoms in total. The number of carboxylic acids is 1. The lowest BCUT2D eigenvalue weighted by atomic mass is 9.78. The second-order valence-corrected chi connectivity index (χ2v) is 11.5. The smallest absolute Gasteiger partial charge is 0.353 e. The minimum atomic E-state index is -3.22. The fourth-order valence-electron chi connectivity index (χ4n) is 5.83. The lowest BCUT2D eigenvalue weighted by Crippen LogP contribution is -2.66. The van der Waals surface area contributed by atoms with Gasteiger partial charge in [-0.1, -0.05) is 6.92 Å². The number of thioether (sulfide) groups is 1. The molecule has 4 rings (SSSR count). The SMILES string of the molecule is CC(NC(=O)C(F)F)[C@H]1C(=O)N2C(C(=O)O)=C(S[C@@H]3CN[C@H](C(=O)N4CC[C@H](NCC(N)=O)C4)C3)[C@H](C)[C@H]12. The van der Waals surface area contributed by atoms with Crippen molar-refractivity contribution in [3.8, 4) is 0 Å². The van der Waals surface area contributed by atoms with E-state index in [9.17, 15) is 37.9 Å². The number of carbonyl (C=O) groups is 5. The third-order valence-corrected chi connectivity index (χ3v) is 9.16. The first-order valence-electron chi connectivity index (χ1n) is 12.5. The predicted octanol–water partition coefficient (Wildman–Crippen LogP) is -1.33. The molecule has 0 bridgehead atoms. The van der Waals surface area contributed by atoms with E-state index in [1.54, 1.807) is 11.8 Å². The Balaban J connectivity index is 1.38. The Labute approximate surface area is 222 Å². The molecular weight excluding hydrogens is 526 g/mol. The minimum absolute atomic E-state index is 0.0106. The number of alkyl halides is 2. The van der Waals surface area contributed by atoms with Crippen molar-refractivity contribution >= 4 is 41.4 Å². The number of nitrogens with one attached hydrogen (secondary N) is 3. The van der Waals surface area contributed by atoms with Crippen LogP contribution >= 0.6 is 11.8 Å². The maximum absolute atomic E-state index is 13.0. The summed E-state index contributed by atoms with van der Waals surface area (Å²) in [7, 11) is 0. The molecule has 38 heavy (non-hydrogen) atoms. The Kier molecular flexibility index (Phi) is 8.28. The zero-order chi connectivity index (χ0) is 27.9. The summed E-state index contributed by atoms with van der Waals surface area (Å²) in [5.41, 5.74) is 5.04. The number of carboxylic acid groups (broad SMARTS) is 1. The number of rotatable bonds is 10. The van der Waals surface area contributed by atoms with Crippen LogP contribution in [0.5, 0.6) is 0 Å². The van der Waals surface area contributed by atoms with Gasteiger partial charge in [-0.3, -0.25) is 19.2 Å². The lowest BCUT2D eigenvalue weighted by Gasteiger charge is -2.47. The van der Waals surface area contributed by atoms with Gasteiger partial charge >= 0.3 is 12.4 Å². The molecule has 7 atom stereocenters. The molecule has 210 valence electrons. The molecule has 6 N–H and O–H groups in total. The van der Waals surface area contributed by atoms with Crippen LogP contribution in [-0.4, -0.2) is 107 Å². The van der Waals surface area contributed by atoms with E-state index in [-0.39, 0.29) is 35.4 Å². The molecule has 0 saturated carbocycles. The Morgan fingerprint density at radius 2 is 2.00 bits per heavy atom. The van der Waals surface area contributed by atoms with E-state index >= 15 is 0 Å². The van der Waals surface area contributed by atoms with Crippen molar-refractivity contribution in [3.05, 3.63) is 10.6 Å². The van der Waals surface area contributed by atoms with Crippen molar-refractivity contribution in [3.63, 3.8) is 0 Å². The van der Waals surface area contributed by atoms with Gasteiger partial charge < -0.3 is 36.6 Å². The maximum Gasteiger partial charge on any atom is 0.353 e. The summed E-state index contributed by atoms with van der Waals surface area (Å²) in [4.78, 5) is 63.9. The molecule has 4 amide bonds. The van der Waals surface area contributed by atoms with Crippen LogP contribution in [0.1, 0.15) is 26.7 Å². The monoisotopic (exact) mass is 558 g/mol. The molecule has 0 aromatic heterocycles. The molecule has 0 aliphatic carbocycles. The average molecular weight is 559 g/mol. The molecule has 0 spiro atoms. The molecule has 0 aromatic rings. The Morgan fingerprint density at radius 1 is 1.29 bits per heavy atom. The van der Waals surface area contributed by atoms with Gasteiger partial charge in [0.15, 0.2) is 0 Å². The molecular formula is C23H32F2N6O6S. The van der Waals surface area contributed by atoms with Gasteiger partial charge in [-0.2, -0.15) is 8.78 Å². The summed E-state index contributed by atoms with van der Waals surface area (Å²) in [6.07, 6.45) is -2.04. The van der Waals surface area contributed by atoms with E-state index in [1.807, 2.05) is 0 Å². The zero-order valence-electron chi connectivity index (χ0n) is 21.0. The van der Waals surface area contributed by atoms with E-state index in [1.165, 1.54) is 23.6 Å². The van der Waals surface area contributed by atoms with E-state index in [2.05, 4.69) is 16.0 Å². The molecule has 4 aliphatic rings. The fourth-order valence-corrected chi connectivity index (χ4v) is 7.31. The number of amides is 4. The minimum Gasteiger partial charge on any atom is -0.477 e. The van der Waals surface area contributed by atoms with Crippen LogP contribution in [0.2, 0.25) is 0 Å². The number of fused-ring (bicyclic) bond motifs is 1. The fraction of sp³-hybridized carbons (Fsp3) is 0.696. The van der Waals surface area contributed by atoms with E-state index < -0.39 is 54.2 Å². The second kappa shape index (κ2) is 11.1. The first kappa shape index (κ1) is 28.2. The van der Waals surface area contributed by atoms with E-state index in [4.69, 9.17) is 5.73 Å². The third-order valence-electron chi connectivity index (χ3n) is 7.65. The summed E-state index contributed by atoms with van der Waals surface area (Å²) in [5, 5.41) is 18.2. The number of aliphatic carboxylic acids is 1. The van der Waals surface area contributed by atoms with E-state index in [0.717, 1.165) is 0 Å². The predicted molar refractivity (Wildman–Crippen MR) is 132 cm³/mol. The quantitative estimate of drug-likeness (QED) is 0.204. The number of nitrogens with two attached hydrogens (primary N) is 1. The first-order valence-corrected chi connectivity index (χ1v) is 13.4. The van der Waals surface area contributed by atoms with Crippen LogP contribution in [0.15, 0.2) is 10.6 Å². The number of nitrogens with zero attached hydrogens (tertiary/aromatic N) is 2. The molecule has 4 heterocycles. The van der Waals surface area contributed by atoms with Crippen molar-refractivity contribution in [2.24, 2.45) is 17.6 Å². The number of primary amides is 1. The Bertz CT molecular complexity index is 1060. The molecule has 3 fully saturated rings. The average Bonchev–Trinajstić information content (AvgIpc) is 3.56. The van der Waals surface area contributed by atoms with Crippen LogP contribution < -0.4 is 21.7 Å². The van der Waals surface area contributed by atoms with Crippen molar-refractivity contribution in [1.82, 2.24) is 25.8 Å². The van der Waals surface area contributed by atoms with Gasteiger partial charge in [0.05, 0.1) is 24.5 Å². The topological polar surface area (TPSA) is 174 Å². The summed E-state index contributed by atoms with van der Waals surface area (Å²) < 4.78 is 25.4. The summed E-state index contributed by atoms with van der Waals surface area (Å²) >= 11 is 1.32. The number of halogens is 2. The number of likely N-dealkylation sites (tertiary alicyclic amines) is 1. The highest BCUT2D eigenvalue weighted by Crippen LogP contribution is 2.51. The van der Waals surface area contributed by atoms with Crippen molar-refractivity contribution in [1.29, 1.82) is 0 Å². The molecule has 0 aromatic carbocycles. The van der Waals surface area contributed by atoms with Crippen molar-refractivity contribution in [2.75, 3.05) is 26.2 Å². The van der Waals surface area contributed by atoms with Gasteiger partial charge in [0.1, 0.15) is 5.70 Å². The second-order valence-electron chi connectivity index (χ2n) is 10.2. The maximum atomic E-state index is 13.0. The lowest BCUT2D eigenvalue weighted by molar-refractivity contribution is -0.159. The molecule has 1 unspecified atom stereocenters. The van der Waals surface area contributed by atoms with Crippen molar-refractivity contribution in [2.45, 2.75) is 62.5 Å². The van der Waals surface area contributed by atoms with Gasteiger partial charge in [-0.05, 0) is 19.8 Å². The number of carbonyl (C=O) groups excluding carboxylic acids is 4. The summed E-state index contributed by atoms with van der Waals surface area (Å²) in [6.45, 7) is 4.77. The molecule has 15 heteroatoms. The molecule has 0 radical (unpaired) electrons. The first-order chi connectivity index (χ1) is 17.9. The van der Waals surface area contributed by atoms with Gasteiger partial charge in [-0.15, -0.1) is 11.8 Å². The van der Waals surface area contributed by atoms with Crippen LogP contribution in [0.4, 0.5) is 8.78 Å². The van der Waals surface area contributed by atoms with Gasteiger partial charge in [-0.25, -0.2) is 4.79 Å². The van der Waals surface area contributed by atoms with Crippen LogP contribution in [0, 0.1) is 11.8 Å². The highest BCUT2D eigenvalue weighted by atomic mass is 32.2. The van der Waals surface area contributed by atoms with Crippen LogP contribution in [0.3, 0.4) is 0 Å². The number of β-lactam (4-membered cyclic amide) rings is 1. The Hall–Kier alpha value is -2.78. The summed E-state index contributed by atoms with van der Waals surface area (Å²) in [6, 6.07) is -1.90. The number of hydrogen-bond donors (Lipinski definition) is 5. The van der Waals surface area contributed by atoms with E-state index in [0.29, 0.717) is 37.4 Å². The highest BCUT2D eigenvalue weighted by molar-refractivity contribution is 8.03. The Morgan fingerprint density at radius 3 is 2.63 bits per heavy atom. The standard InChI is InChI=1S/C23H32F2N6O6S/c1-9-16-15(10(2)29-20(33)19(24)25)22(35)31(16)17(23(36)37)18(9)38-12-5-13(28-6-12)21(34)30-4-3-11(8-30)27-7-14(26)32/h9-13,15-16,19,27-28H,3-8H2,1-2H3,(H2,26,32)(H,29,33)(H,36,37)/t9-,10?,11+,12+,13+,15-,16-/m1/s1. The summed E-state index contributed by atoms with van der Waals surface area (Å²) in [5.74, 6) is -4.99. The highest BCUT2D eigenvalue weighted by Gasteiger charge is 2.60. The molecule has 4 aliphatic heterocycles. The third kappa shape index (κ3) is 5.36. The number of hydrogen-bond acceptors (Lipinski definition) is 8. The molecule has 3 saturated heterocycles. The van der Waals surface area contributed by atoms with Crippen LogP contribution in [-0.2, 0) is 24.0 Å². The largest absolute Gasteiger partial charge is 0.477 e. The normalized spacial score (nSPS) is 31.4.